The average Bonchev–Trinajstić information content (AvgIpc) is 2.76. The van der Waals surface area contributed by atoms with Gasteiger partial charge in [0.15, 0.2) is 0 Å². The quantitative estimate of drug-likeness (QED) is 0.634. The van der Waals surface area contributed by atoms with Crippen LogP contribution in [0.5, 0.6) is 0 Å². The SMILES string of the molecule is CC(Cn1ccnc1)NCC(=O)NCC#N. The Kier molecular flexibility index (Phi) is 5.02. The highest BCUT2D eigenvalue weighted by Crippen LogP contribution is 1.90. The van der Waals surface area contributed by atoms with E-state index in [0.29, 0.717) is 0 Å². The second-order valence-corrected chi connectivity index (χ2v) is 3.48. The van der Waals surface area contributed by atoms with Gasteiger partial charge >= 0.3 is 0 Å². The van der Waals surface area contributed by atoms with E-state index in [4.69, 9.17) is 5.26 Å². The van der Waals surface area contributed by atoms with E-state index in [1.165, 1.54) is 0 Å². The summed E-state index contributed by atoms with van der Waals surface area (Å²) < 4.78 is 1.94. The normalized spacial score (nSPS) is 11.8. The Morgan fingerprint density at radius 1 is 1.69 bits per heavy atom. The van der Waals surface area contributed by atoms with Gasteiger partial charge in [0, 0.05) is 25.0 Å². The summed E-state index contributed by atoms with van der Waals surface area (Å²) in [5.74, 6) is -0.168. The molecule has 1 unspecified atom stereocenters. The van der Waals surface area contributed by atoms with Gasteiger partial charge in [-0.1, -0.05) is 0 Å². The average molecular weight is 221 g/mol. The monoisotopic (exact) mass is 221 g/mol. The van der Waals surface area contributed by atoms with Crippen molar-refractivity contribution in [2.24, 2.45) is 0 Å². The van der Waals surface area contributed by atoms with Gasteiger partial charge in [0.25, 0.3) is 0 Å². The van der Waals surface area contributed by atoms with E-state index in [9.17, 15) is 4.79 Å². The zero-order chi connectivity index (χ0) is 11.8. The first kappa shape index (κ1) is 12.2. The highest BCUT2D eigenvalue weighted by Gasteiger charge is 2.05. The second-order valence-electron chi connectivity index (χ2n) is 3.48. The molecule has 0 saturated carbocycles. The minimum atomic E-state index is -0.168. The zero-order valence-corrected chi connectivity index (χ0v) is 9.18. The van der Waals surface area contributed by atoms with E-state index in [1.807, 2.05) is 23.8 Å². The van der Waals surface area contributed by atoms with Crippen molar-refractivity contribution in [1.82, 2.24) is 20.2 Å². The first-order valence-electron chi connectivity index (χ1n) is 5.05. The van der Waals surface area contributed by atoms with Crippen molar-refractivity contribution in [1.29, 1.82) is 5.26 Å². The number of rotatable bonds is 6. The van der Waals surface area contributed by atoms with Gasteiger partial charge < -0.3 is 15.2 Å². The molecule has 86 valence electrons. The molecule has 0 radical (unpaired) electrons. The number of aromatic nitrogens is 2. The van der Waals surface area contributed by atoms with Crippen LogP contribution in [0.4, 0.5) is 0 Å². The lowest BCUT2D eigenvalue weighted by Gasteiger charge is -2.13. The Morgan fingerprint density at radius 2 is 2.50 bits per heavy atom. The fourth-order valence-corrected chi connectivity index (χ4v) is 1.24. The molecular weight excluding hydrogens is 206 g/mol. The molecule has 6 heteroatoms. The maximum Gasteiger partial charge on any atom is 0.234 e. The Labute approximate surface area is 94.3 Å². The van der Waals surface area contributed by atoms with Crippen LogP contribution >= 0.6 is 0 Å². The molecular formula is C10H15N5O. The molecule has 6 nitrogen and oxygen atoms in total. The Bertz CT molecular complexity index is 354. The van der Waals surface area contributed by atoms with Crippen LogP contribution in [0.15, 0.2) is 18.7 Å². The lowest BCUT2D eigenvalue weighted by Crippen LogP contribution is -2.39. The number of imidazole rings is 1. The molecule has 2 N–H and O–H groups in total. The third kappa shape index (κ3) is 4.57. The molecule has 16 heavy (non-hydrogen) atoms. The number of carbonyl (C=O) groups excluding carboxylic acids is 1. The van der Waals surface area contributed by atoms with Crippen molar-refractivity contribution in [3.8, 4) is 6.07 Å². The van der Waals surface area contributed by atoms with Gasteiger partial charge in [-0.3, -0.25) is 4.79 Å². The number of hydrogen-bond acceptors (Lipinski definition) is 4. The van der Waals surface area contributed by atoms with E-state index in [0.717, 1.165) is 6.54 Å². The molecule has 1 aromatic heterocycles. The minimum Gasteiger partial charge on any atom is -0.342 e. The van der Waals surface area contributed by atoms with E-state index in [2.05, 4.69) is 15.6 Å². The predicted molar refractivity (Wildman–Crippen MR) is 58.3 cm³/mol. The molecule has 0 aliphatic rings. The molecule has 1 aromatic rings. The molecule has 0 aliphatic heterocycles. The van der Waals surface area contributed by atoms with Gasteiger partial charge in [-0.15, -0.1) is 0 Å². The number of carbonyl (C=O) groups is 1. The van der Waals surface area contributed by atoms with Crippen LogP contribution < -0.4 is 10.6 Å². The molecule has 0 spiro atoms. The van der Waals surface area contributed by atoms with Crippen molar-refractivity contribution in [3.05, 3.63) is 18.7 Å². The van der Waals surface area contributed by atoms with Crippen LogP contribution in [0, 0.1) is 11.3 Å². The fraction of sp³-hybridized carbons (Fsp3) is 0.500. The fourth-order valence-electron chi connectivity index (χ4n) is 1.24. The van der Waals surface area contributed by atoms with E-state index in [1.54, 1.807) is 12.5 Å². The van der Waals surface area contributed by atoms with Crippen molar-refractivity contribution >= 4 is 5.91 Å². The first-order valence-corrected chi connectivity index (χ1v) is 5.05. The summed E-state index contributed by atoms with van der Waals surface area (Å²) in [7, 11) is 0. The van der Waals surface area contributed by atoms with Crippen LogP contribution in [0.25, 0.3) is 0 Å². The van der Waals surface area contributed by atoms with E-state index >= 15 is 0 Å². The smallest absolute Gasteiger partial charge is 0.234 e. The molecule has 1 rings (SSSR count). The lowest BCUT2D eigenvalue weighted by molar-refractivity contribution is -0.120. The van der Waals surface area contributed by atoms with Crippen LogP contribution in [0.2, 0.25) is 0 Å². The largest absolute Gasteiger partial charge is 0.342 e. The molecule has 0 aromatic carbocycles. The number of hydrogen-bond donors (Lipinski definition) is 2. The van der Waals surface area contributed by atoms with Gasteiger partial charge in [-0.25, -0.2) is 4.98 Å². The van der Waals surface area contributed by atoms with Crippen molar-refractivity contribution in [2.45, 2.75) is 19.5 Å². The topological polar surface area (TPSA) is 82.7 Å². The van der Waals surface area contributed by atoms with Gasteiger partial charge in [0.1, 0.15) is 6.54 Å². The molecule has 0 aliphatic carbocycles. The highest BCUT2D eigenvalue weighted by molar-refractivity contribution is 5.78. The minimum absolute atomic E-state index is 0.0520. The number of nitriles is 1. The summed E-state index contributed by atoms with van der Waals surface area (Å²) in [6, 6.07) is 2.02. The Hall–Kier alpha value is -1.87. The van der Waals surface area contributed by atoms with Gasteiger partial charge in [-0.2, -0.15) is 5.26 Å². The first-order chi connectivity index (χ1) is 7.72. The maximum atomic E-state index is 11.2. The molecule has 1 heterocycles. The standard InChI is InChI=1S/C10H15N5O/c1-9(7-15-5-4-12-8-15)14-6-10(16)13-3-2-11/h4-5,8-9,14H,3,6-7H2,1H3,(H,13,16). The van der Waals surface area contributed by atoms with Crippen molar-refractivity contribution < 1.29 is 4.79 Å². The van der Waals surface area contributed by atoms with E-state index in [-0.39, 0.29) is 25.0 Å². The third-order valence-corrected chi connectivity index (χ3v) is 2.02. The van der Waals surface area contributed by atoms with Crippen molar-refractivity contribution in [2.75, 3.05) is 13.1 Å². The molecule has 0 fully saturated rings. The number of nitrogens with zero attached hydrogens (tertiary/aromatic N) is 3. The van der Waals surface area contributed by atoms with Gasteiger partial charge in [0.05, 0.1) is 18.9 Å². The zero-order valence-electron chi connectivity index (χ0n) is 9.18. The molecule has 0 saturated heterocycles. The summed E-state index contributed by atoms with van der Waals surface area (Å²) in [6.07, 6.45) is 5.31. The highest BCUT2D eigenvalue weighted by atomic mass is 16.1. The molecule has 1 atom stereocenters. The number of nitrogens with one attached hydrogen (secondary N) is 2. The maximum absolute atomic E-state index is 11.2. The summed E-state index contributed by atoms with van der Waals surface area (Å²) in [5, 5.41) is 13.8. The van der Waals surface area contributed by atoms with Crippen molar-refractivity contribution in [3.63, 3.8) is 0 Å². The summed E-state index contributed by atoms with van der Waals surface area (Å²) in [5.41, 5.74) is 0. The van der Waals surface area contributed by atoms with Crippen LogP contribution in [0.1, 0.15) is 6.92 Å². The molecule has 1 amide bonds. The predicted octanol–water partition coefficient (Wildman–Crippen LogP) is -0.499. The van der Waals surface area contributed by atoms with Gasteiger partial charge in [0.2, 0.25) is 5.91 Å². The summed E-state index contributed by atoms with van der Waals surface area (Å²) in [4.78, 5) is 15.1. The Balaban J connectivity index is 2.18. The lowest BCUT2D eigenvalue weighted by atomic mass is 10.3. The number of amides is 1. The third-order valence-electron chi connectivity index (χ3n) is 2.02. The van der Waals surface area contributed by atoms with Crippen LogP contribution in [-0.2, 0) is 11.3 Å². The summed E-state index contributed by atoms with van der Waals surface area (Å²) in [6.45, 7) is 3.01. The molecule has 0 bridgehead atoms. The van der Waals surface area contributed by atoms with Crippen LogP contribution in [-0.4, -0.2) is 34.6 Å². The second kappa shape index (κ2) is 6.58. The van der Waals surface area contributed by atoms with E-state index < -0.39 is 0 Å². The van der Waals surface area contributed by atoms with Gasteiger partial charge in [-0.05, 0) is 6.92 Å². The summed E-state index contributed by atoms with van der Waals surface area (Å²) >= 11 is 0. The Morgan fingerprint density at radius 3 is 3.12 bits per heavy atom. The van der Waals surface area contributed by atoms with Crippen LogP contribution in [0.3, 0.4) is 0 Å².